The second kappa shape index (κ2) is 6.72. The molecule has 3 N–H and O–H groups in total. The lowest BCUT2D eigenvalue weighted by Crippen LogP contribution is -2.27. The van der Waals surface area contributed by atoms with Gasteiger partial charge in [0.1, 0.15) is 6.04 Å². The number of aliphatic hydroxyl groups is 1. The molecule has 1 aliphatic heterocycles. The first-order valence-corrected chi connectivity index (χ1v) is 7.25. The van der Waals surface area contributed by atoms with E-state index < -0.39 is 0 Å². The molecule has 1 unspecified atom stereocenters. The van der Waals surface area contributed by atoms with E-state index in [0.29, 0.717) is 0 Å². The van der Waals surface area contributed by atoms with Crippen LogP contribution in [0.2, 0.25) is 0 Å². The first-order valence-electron chi connectivity index (χ1n) is 7.25. The highest BCUT2D eigenvalue weighted by Gasteiger charge is 2.29. The van der Waals surface area contributed by atoms with Gasteiger partial charge in [-0.25, -0.2) is 0 Å². The van der Waals surface area contributed by atoms with E-state index in [1.165, 1.54) is 0 Å². The van der Waals surface area contributed by atoms with E-state index >= 15 is 0 Å². The molecule has 0 bridgehead atoms. The number of aliphatic hydroxyl groups excluding tert-OH is 1. The average molecular weight is 277 g/mol. The van der Waals surface area contributed by atoms with Crippen molar-refractivity contribution in [2.45, 2.75) is 26.3 Å². The summed E-state index contributed by atoms with van der Waals surface area (Å²) < 4.78 is 0. The highest BCUT2D eigenvalue weighted by Crippen LogP contribution is 2.34. The van der Waals surface area contributed by atoms with Gasteiger partial charge in [-0.05, 0) is 32.0 Å². The number of nitrogens with one attached hydrogen (secondary N) is 2. The van der Waals surface area contributed by atoms with Crippen LogP contribution in [0.15, 0.2) is 18.2 Å². The zero-order valence-corrected chi connectivity index (χ0v) is 12.1. The molecular weight excluding hydrogens is 254 g/mol. The summed E-state index contributed by atoms with van der Waals surface area (Å²) in [5, 5.41) is 15.1. The predicted molar refractivity (Wildman–Crippen MR) is 81.1 cm³/mol. The Hall–Kier alpha value is -1.59. The third kappa shape index (κ3) is 2.94. The van der Waals surface area contributed by atoms with Crippen LogP contribution in [0.25, 0.3) is 0 Å². The van der Waals surface area contributed by atoms with E-state index in [-0.39, 0.29) is 18.6 Å². The lowest BCUT2D eigenvalue weighted by Gasteiger charge is -2.23. The lowest BCUT2D eigenvalue weighted by molar-refractivity contribution is -0.117. The van der Waals surface area contributed by atoms with Crippen molar-refractivity contribution in [3.63, 3.8) is 0 Å². The average Bonchev–Trinajstić information content (AvgIpc) is 2.76. The summed E-state index contributed by atoms with van der Waals surface area (Å²) in [4.78, 5) is 14.1. The number of benzene rings is 1. The van der Waals surface area contributed by atoms with Gasteiger partial charge in [0, 0.05) is 36.6 Å². The largest absolute Gasteiger partial charge is 0.396 e. The predicted octanol–water partition coefficient (Wildman–Crippen LogP) is 1.50. The summed E-state index contributed by atoms with van der Waals surface area (Å²) in [6, 6.07) is 5.84. The molecule has 5 heteroatoms. The molecule has 0 fully saturated rings. The number of hydrogen-bond donors (Lipinski definition) is 3. The van der Waals surface area contributed by atoms with Crippen LogP contribution in [0.5, 0.6) is 0 Å². The van der Waals surface area contributed by atoms with Gasteiger partial charge in [0.05, 0.1) is 0 Å². The number of carbonyl (C=O) groups excluding carboxylic acids is 1. The molecule has 0 saturated heterocycles. The zero-order valence-electron chi connectivity index (χ0n) is 12.1. The van der Waals surface area contributed by atoms with E-state index in [0.717, 1.165) is 43.0 Å². The minimum Gasteiger partial charge on any atom is -0.396 e. The maximum Gasteiger partial charge on any atom is 0.246 e. The molecule has 1 atom stereocenters. The van der Waals surface area contributed by atoms with Crippen molar-refractivity contribution in [2.75, 3.05) is 36.5 Å². The van der Waals surface area contributed by atoms with Crippen molar-refractivity contribution in [1.29, 1.82) is 0 Å². The topological polar surface area (TPSA) is 64.6 Å². The maximum absolute atomic E-state index is 11.9. The first kappa shape index (κ1) is 14.8. The number of likely N-dealkylation sites (N-methyl/N-ethyl adjacent to an activating group) is 1. The van der Waals surface area contributed by atoms with Crippen LogP contribution in [0.1, 0.15) is 31.9 Å². The highest BCUT2D eigenvalue weighted by molar-refractivity contribution is 6.03. The monoisotopic (exact) mass is 277 g/mol. The van der Waals surface area contributed by atoms with Gasteiger partial charge in [0.2, 0.25) is 5.91 Å². The van der Waals surface area contributed by atoms with Crippen molar-refractivity contribution in [3.05, 3.63) is 23.8 Å². The lowest BCUT2D eigenvalue weighted by atomic mass is 10.1. The van der Waals surface area contributed by atoms with Gasteiger partial charge in [-0.15, -0.1) is 0 Å². The van der Waals surface area contributed by atoms with Crippen LogP contribution < -0.4 is 15.5 Å². The van der Waals surface area contributed by atoms with Gasteiger partial charge < -0.3 is 20.6 Å². The van der Waals surface area contributed by atoms with Crippen LogP contribution in [0, 0.1) is 0 Å². The number of nitrogens with zero attached hydrogens (tertiary/aromatic N) is 1. The number of hydrogen-bond acceptors (Lipinski definition) is 4. The first-order chi connectivity index (χ1) is 9.71. The summed E-state index contributed by atoms with van der Waals surface area (Å²) in [5.74, 6) is 0.0115. The zero-order chi connectivity index (χ0) is 14.5. The number of anilines is 2. The van der Waals surface area contributed by atoms with Gasteiger partial charge in [0.15, 0.2) is 0 Å². The Kier molecular flexibility index (Phi) is 4.98. The number of rotatable bonds is 7. The van der Waals surface area contributed by atoms with E-state index in [2.05, 4.69) is 22.5 Å². The van der Waals surface area contributed by atoms with Gasteiger partial charge in [-0.3, -0.25) is 4.79 Å². The van der Waals surface area contributed by atoms with Gasteiger partial charge >= 0.3 is 0 Å². The van der Waals surface area contributed by atoms with Crippen LogP contribution >= 0.6 is 0 Å². The van der Waals surface area contributed by atoms with Gasteiger partial charge in [-0.1, -0.05) is 13.0 Å². The minimum absolute atomic E-state index is 0.0115. The minimum atomic E-state index is -0.239. The molecular formula is C15H23N3O2. The van der Waals surface area contributed by atoms with Crippen molar-refractivity contribution in [3.8, 4) is 0 Å². The van der Waals surface area contributed by atoms with E-state index in [1.807, 2.05) is 25.1 Å². The molecule has 0 aliphatic carbocycles. The molecule has 2 rings (SSSR count). The smallest absolute Gasteiger partial charge is 0.246 e. The van der Waals surface area contributed by atoms with Gasteiger partial charge in [0.25, 0.3) is 0 Å². The van der Waals surface area contributed by atoms with Crippen LogP contribution in [-0.4, -0.2) is 37.3 Å². The fourth-order valence-electron chi connectivity index (χ4n) is 2.59. The third-order valence-electron chi connectivity index (χ3n) is 3.61. The molecule has 1 aliphatic rings. The highest BCUT2D eigenvalue weighted by atomic mass is 16.3. The summed E-state index contributed by atoms with van der Waals surface area (Å²) >= 11 is 0. The van der Waals surface area contributed by atoms with E-state index in [1.54, 1.807) is 0 Å². The summed E-state index contributed by atoms with van der Waals surface area (Å²) in [6.07, 6.45) is 0.747. The Bertz CT molecular complexity index is 476. The Labute approximate surface area is 120 Å². The summed E-state index contributed by atoms with van der Waals surface area (Å²) in [7, 11) is 0. The van der Waals surface area contributed by atoms with Crippen LogP contribution in [-0.2, 0) is 4.79 Å². The SMILES string of the molecule is CCNC1C(=O)Nc2cc(N(CC)CCCO)ccc21. The van der Waals surface area contributed by atoms with Crippen molar-refractivity contribution in [2.24, 2.45) is 0 Å². The van der Waals surface area contributed by atoms with E-state index in [4.69, 9.17) is 5.11 Å². The molecule has 1 heterocycles. The molecule has 1 aromatic rings. The van der Waals surface area contributed by atoms with Crippen molar-refractivity contribution in [1.82, 2.24) is 5.32 Å². The van der Waals surface area contributed by atoms with Crippen molar-refractivity contribution < 1.29 is 9.90 Å². The Morgan fingerprint density at radius 1 is 1.40 bits per heavy atom. The molecule has 0 aromatic heterocycles. The Balaban J connectivity index is 2.20. The van der Waals surface area contributed by atoms with Crippen LogP contribution in [0.4, 0.5) is 11.4 Å². The van der Waals surface area contributed by atoms with Crippen molar-refractivity contribution >= 4 is 17.3 Å². The molecule has 5 nitrogen and oxygen atoms in total. The van der Waals surface area contributed by atoms with E-state index in [9.17, 15) is 4.79 Å². The normalized spacial score (nSPS) is 16.9. The fourth-order valence-corrected chi connectivity index (χ4v) is 2.59. The molecule has 0 radical (unpaired) electrons. The number of carbonyl (C=O) groups is 1. The second-order valence-corrected chi connectivity index (χ2v) is 4.91. The summed E-state index contributed by atoms with van der Waals surface area (Å²) in [5.41, 5.74) is 2.98. The molecule has 0 spiro atoms. The summed E-state index contributed by atoms with van der Waals surface area (Å²) in [6.45, 7) is 6.73. The standard InChI is InChI=1S/C15H23N3O2/c1-3-16-14-12-7-6-11(10-13(12)17-15(14)20)18(4-2)8-5-9-19/h6-7,10,14,16,19H,3-5,8-9H2,1-2H3,(H,17,20). The Morgan fingerprint density at radius 2 is 2.20 bits per heavy atom. The molecule has 20 heavy (non-hydrogen) atoms. The third-order valence-corrected chi connectivity index (χ3v) is 3.61. The quantitative estimate of drug-likeness (QED) is 0.706. The molecule has 1 aromatic carbocycles. The Morgan fingerprint density at radius 3 is 2.85 bits per heavy atom. The molecule has 0 saturated carbocycles. The number of fused-ring (bicyclic) bond motifs is 1. The fraction of sp³-hybridized carbons (Fsp3) is 0.533. The van der Waals surface area contributed by atoms with Gasteiger partial charge in [-0.2, -0.15) is 0 Å². The van der Waals surface area contributed by atoms with Crippen LogP contribution in [0.3, 0.4) is 0 Å². The second-order valence-electron chi connectivity index (χ2n) is 4.91. The molecule has 1 amide bonds. The molecule has 110 valence electrons. The number of amides is 1. The maximum atomic E-state index is 11.9.